The summed E-state index contributed by atoms with van der Waals surface area (Å²) in [7, 11) is 0. The Balaban J connectivity index is -0.0000000300. The van der Waals surface area contributed by atoms with Gasteiger partial charge in [0.05, 0.1) is 0 Å². The topological polar surface area (TPSA) is 63.6 Å². The molecule has 0 saturated carbocycles. The maximum Gasteiger partial charge on any atom is 1.00 e. The molecule has 0 radical (unpaired) electrons. The van der Waals surface area contributed by atoms with Gasteiger partial charge < -0.3 is 7.04 Å². The molecule has 0 rings (SSSR count). The Morgan fingerprint density at radius 1 is 1.67 bits per heavy atom. The summed E-state index contributed by atoms with van der Waals surface area (Å²) in [5, 5.41) is 0. The van der Waals surface area contributed by atoms with Crippen LogP contribution in [0, 0.1) is 0 Å². The molecule has 0 aromatic heterocycles. The molecule has 0 spiro atoms. The summed E-state index contributed by atoms with van der Waals surface area (Å²) < 4.78 is 20.9. The fourth-order valence-corrected chi connectivity index (χ4v) is 0.301. The first-order valence-electron chi connectivity index (χ1n) is 1.42. The van der Waals surface area contributed by atoms with E-state index in [1.54, 1.807) is 0 Å². The molecule has 0 fully saturated rings. The second kappa shape index (κ2) is 9.58. The van der Waals surface area contributed by atoms with Crippen LogP contribution in [0.25, 0.3) is 0 Å². The van der Waals surface area contributed by atoms with E-state index in [-0.39, 0.29) is 62.0 Å². The molecule has 0 heterocycles. The van der Waals surface area contributed by atoms with Crippen LogP contribution in [-0.2, 0) is 20.3 Å². The van der Waals surface area contributed by atoms with Crippen molar-refractivity contribution < 1.29 is 79.7 Å². The van der Waals surface area contributed by atoms with Gasteiger partial charge in [0.25, 0.3) is 0 Å². The van der Waals surface area contributed by atoms with Crippen molar-refractivity contribution in [1.82, 2.24) is 0 Å². The molecular formula is C2H6Na2O4S. The maximum atomic E-state index is 9.68. The van der Waals surface area contributed by atoms with Gasteiger partial charge in [0.2, 0.25) is 0 Å². The van der Waals surface area contributed by atoms with Gasteiger partial charge >= 0.3 is 76.4 Å². The third-order valence-corrected chi connectivity index (χ3v) is 0.566. The third-order valence-electron chi connectivity index (χ3n) is 0.189. The fourth-order valence-electron chi connectivity index (χ4n) is 0.100. The minimum absolute atomic E-state index is 0. The smallest absolute Gasteiger partial charge is 1.00 e. The Morgan fingerprint density at radius 2 is 2.00 bits per heavy atom. The van der Waals surface area contributed by atoms with Crippen LogP contribution >= 0.6 is 0 Å². The van der Waals surface area contributed by atoms with Gasteiger partial charge in [0.15, 0.2) is 0 Å². The second-order valence-electron chi connectivity index (χ2n) is 0.792. The number of carbonyl (C=O) groups is 1. The summed E-state index contributed by atoms with van der Waals surface area (Å²) in [4.78, 5) is 9.68. The van der Waals surface area contributed by atoms with Crippen molar-refractivity contribution in [2.24, 2.45) is 0 Å². The van der Waals surface area contributed by atoms with Crippen molar-refractivity contribution in [3.63, 3.8) is 0 Å². The molecule has 7 heteroatoms. The quantitative estimate of drug-likeness (QED) is 0.316. The van der Waals surface area contributed by atoms with Crippen LogP contribution in [0.5, 0.6) is 0 Å². The van der Waals surface area contributed by atoms with Gasteiger partial charge in [-0.15, -0.1) is 0 Å². The Hall–Kier alpha value is 1.58. The Labute approximate surface area is 103 Å². The van der Waals surface area contributed by atoms with Crippen LogP contribution in [0.2, 0.25) is 0 Å². The van der Waals surface area contributed by atoms with Gasteiger partial charge in [-0.3, -0.25) is 9.35 Å². The zero-order chi connectivity index (χ0) is 5.86. The molecule has 4 nitrogen and oxygen atoms in total. The predicted molar refractivity (Wildman–Crippen MR) is 24.8 cm³/mol. The molecule has 0 aliphatic heterocycles. The van der Waals surface area contributed by atoms with Crippen molar-refractivity contribution in [3.05, 3.63) is 0 Å². The number of rotatable bonds is 1. The first-order chi connectivity index (χ1) is 3.13. The van der Waals surface area contributed by atoms with E-state index < -0.39 is 17.3 Å². The molecule has 0 aromatic carbocycles. The predicted octanol–water partition coefficient (Wildman–Crippen LogP) is -6.08. The van der Waals surface area contributed by atoms with Crippen LogP contribution in [-0.4, -0.2) is 14.7 Å². The van der Waals surface area contributed by atoms with E-state index in [0.29, 0.717) is 0 Å². The zero-order valence-electron chi connectivity index (χ0n) is 7.58. The standard InChI is InChI=1S/C2H4O4S.2Na.2H/c1-2(3)6-7(4)5;;;;/h1H3,(H,4,5);;;;/q;2*+1;2*-1. The molecule has 1 N–H and O–H groups in total. The van der Waals surface area contributed by atoms with E-state index in [1.807, 2.05) is 0 Å². The summed E-state index contributed by atoms with van der Waals surface area (Å²) in [6.45, 7) is 1.05. The number of carbonyl (C=O) groups excluding carboxylic acids is 1. The second-order valence-corrected chi connectivity index (χ2v) is 1.39. The molecule has 9 heavy (non-hydrogen) atoms. The molecule has 0 saturated heterocycles. The van der Waals surface area contributed by atoms with E-state index >= 15 is 0 Å². The average molecular weight is 172 g/mol. The summed E-state index contributed by atoms with van der Waals surface area (Å²) in [5.74, 6) is -0.763. The van der Waals surface area contributed by atoms with Gasteiger partial charge in [-0.05, 0) is 0 Å². The Morgan fingerprint density at radius 3 is 2.00 bits per heavy atom. The van der Waals surface area contributed by atoms with Gasteiger partial charge in [-0.1, -0.05) is 0 Å². The van der Waals surface area contributed by atoms with Crippen LogP contribution in [0.4, 0.5) is 0 Å². The third kappa shape index (κ3) is 17.7. The van der Waals surface area contributed by atoms with E-state index in [1.165, 1.54) is 0 Å². The molecular weight excluding hydrogens is 166 g/mol. The molecule has 0 aromatic rings. The van der Waals surface area contributed by atoms with Gasteiger partial charge in [-0.25, -0.2) is 0 Å². The summed E-state index contributed by atoms with van der Waals surface area (Å²) in [6.07, 6.45) is 0. The Kier molecular flexibility index (Phi) is 18.0. The first-order valence-corrected chi connectivity index (χ1v) is 2.46. The van der Waals surface area contributed by atoms with Crippen molar-refractivity contribution in [2.75, 3.05) is 0 Å². The van der Waals surface area contributed by atoms with E-state index in [4.69, 9.17) is 4.55 Å². The van der Waals surface area contributed by atoms with Crippen LogP contribution in [0.3, 0.4) is 0 Å². The van der Waals surface area contributed by atoms with Crippen molar-refractivity contribution in [1.29, 1.82) is 0 Å². The molecule has 0 bridgehead atoms. The monoisotopic (exact) mass is 172 g/mol. The Bertz CT molecular complexity index is 100. The summed E-state index contributed by atoms with van der Waals surface area (Å²) in [6, 6.07) is 0. The minimum Gasteiger partial charge on any atom is -1.00 e. The van der Waals surface area contributed by atoms with E-state index in [9.17, 15) is 9.00 Å². The zero-order valence-corrected chi connectivity index (χ0v) is 10.4. The van der Waals surface area contributed by atoms with Crippen LogP contribution in [0.15, 0.2) is 0 Å². The van der Waals surface area contributed by atoms with Crippen molar-refractivity contribution in [2.45, 2.75) is 6.92 Å². The van der Waals surface area contributed by atoms with Crippen LogP contribution in [0.1, 0.15) is 9.78 Å². The molecule has 0 aliphatic carbocycles. The maximum absolute atomic E-state index is 9.68. The van der Waals surface area contributed by atoms with Crippen LogP contribution < -0.4 is 59.1 Å². The summed E-state index contributed by atoms with van der Waals surface area (Å²) in [5.41, 5.74) is 0. The SMILES string of the molecule is CC(=O)OS(=O)O.[H-].[H-].[Na+].[Na+]. The van der Waals surface area contributed by atoms with Gasteiger partial charge in [-0.2, -0.15) is 4.21 Å². The molecule has 1 atom stereocenters. The molecule has 1 unspecified atom stereocenters. The summed E-state index contributed by atoms with van der Waals surface area (Å²) >= 11 is -2.45. The number of hydrogen-bond donors (Lipinski definition) is 1. The normalized spacial score (nSPS) is 10.0. The molecule has 0 amide bonds. The average Bonchev–Trinajstić information content (AvgIpc) is 1.27. The number of hydrogen-bond acceptors (Lipinski definition) is 3. The van der Waals surface area contributed by atoms with Gasteiger partial charge in [0, 0.05) is 6.92 Å². The largest absolute Gasteiger partial charge is 1.00 e. The van der Waals surface area contributed by atoms with E-state index in [0.717, 1.165) is 6.92 Å². The first kappa shape index (κ1) is 16.9. The van der Waals surface area contributed by atoms with Crippen molar-refractivity contribution >= 4 is 17.3 Å². The molecule has 46 valence electrons. The minimum atomic E-state index is -2.45. The van der Waals surface area contributed by atoms with E-state index in [2.05, 4.69) is 4.18 Å². The molecule has 0 aliphatic rings. The fraction of sp³-hybridized carbons (Fsp3) is 0.500. The van der Waals surface area contributed by atoms with Gasteiger partial charge in [0.1, 0.15) is 0 Å². The van der Waals surface area contributed by atoms with Crippen molar-refractivity contribution in [3.8, 4) is 0 Å².